The molecule has 1 aromatic rings. The number of alkyl halides is 3. The first-order valence-corrected chi connectivity index (χ1v) is 6.11. The van der Waals surface area contributed by atoms with Gasteiger partial charge in [-0.1, -0.05) is 42.1 Å². The Morgan fingerprint density at radius 1 is 1.24 bits per heavy atom. The average molecular weight is 260 g/mol. The van der Waals surface area contributed by atoms with Gasteiger partial charge in [-0.05, 0) is 5.56 Å². The molecule has 0 saturated heterocycles. The molecule has 0 aliphatic carbocycles. The van der Waals surface area contributed by atoms with E-state index in [0.717, 1.165) is 11.8 Å². The fourth-order valence-corrected chi connectivity index (χ4v) is 2.39. The van der Waals surface area contributed by atoms with Crippen LogP contribution in [-0.2, 0) is 6.54 Å². The lowest BCUT2D eigenvalue weighted by molar-refractivity contribution is -0.219. The second-order valence-electron chi connectivity index (χ2n) is 3.55. The molecule has 1 aliphatic rings. The van der Waals surface area contributed by atoms with Gasteiger partial charge < -0.3 is 0 Å². The minimum Gasteiger partial charge on any atom is -0.261 e. The zero-order valence-corrected chi connectivity index (χ0v) is 9.76. The molecular formula is C11H11F3N2S. The zero-order valence-electron chi connectivity index (χ0n) is 8.94. The van der Waals surface area contributed by atoms with Crippen molar-refractivity contribution in [2.24, 2.45) is 4.99 Å². The van der Waals surface area contributed by atoms with Crippen LogP contribution in [0.4, 0.5) is 13.2 Å². The van der Waals surface area contributed by atoms with E-state index in [0.29, 0.717) is 22.8 Å². The van der Waals surface area contributed by atoms with Crippen molar-refractivity contribution in [3.05, 3.63) is 35.9 Å². The van der Waals surface area contributed by atoms with Gasteiger partial charge >= 0.3 is 6.30 Å². The van der Waals surface area contributed by atoms with Crippen molar-refractivity contribution in [2.75, 3.05) is 12.3 Å². The van der Waals surface area contributed by atoms with Gasteiger partial charge in [0.1, 0.15) is 0 Å². The Morgan fingerprint density at radius 3 is 2.47 bits per heavy atom. The Kier molecular flexibility index (Phi) is 3.61. The number of rotatable bonds is 2. The largest absolute Gasteiger partial charge is 0.486 e. The molecule has 92 valence electrons. The molecule has 0 spiro atoms. The monoisotopic (exact) mass is 260 g/mol. The molecule has 17 heavy (non-hydrogen) atoms. The Balaban J connectivity index is 2.17. The van der Waals surface area contributed by atoms with Crippen molar-refractivity contribution in [1.29, 1.82) is 0 Å². The Labute approximate surface area is 102 Å². The van der Waals surface area contributed by atoms with Crippen LogP contribution in [-0.4, -0.2) is 28.7 Å². The number of amidine groups is 1. The van der Waals surface area contributed by atoms with Gasteiger partial charge in [-0.3, -0.25) is 9.89 Å². The molecule has 0 unspecified atom stereocenters. The van der Waals surface area contributed by atoms with Crippen LogP contribution in [0.3, 0.4) is 0 Å². The Morgan fingerprint density at radius 2 is 1.94 bits per heavy atom. The molecule has 0 N–H and O–H groups in total. The number of thioether (sulfide) groups is 1. The lowest BCUT2D eigenvalue weighted by Crippen LogP contribution is -2.40. The van der Waals surface area contributed by atoms with Gasteiger partial charge in [-0.15, -0.1) is 13.2 Å². The van der Waals surface area contributed by atoms with Crippen LogP contribution < -0.4 is 0 Å². The van der Waals surface area contributed by atoms with E-state index >= 15 is 0 Å². The van der Waals surface area contributed by atoms with Crippen LogP contribution in [0.25, 0.3) is 0 Å². The van der Waals surface area contributed by atoms with E-state index in [4.69, 9.17) is 0 Å². The second-order valence-corrected chi connectivity index (χ2v) is 4.61. The van der Waals surface area contributed by atoms with Crippen molar-refractivity contribution in [3.8, 4) is 0 Å². The maximum absolute atomic E-state index is 12.9. The van der Waals surface area contributed by atoms with Gasteiger partial charge in [-0.25, -0.2) is 0 Å². The Hall–Kier alpha value is -1.17. The van der Waals surface area contributed by atoms with Crippen molar-refractivity contribution in [3.63, 3.8) is 0 Å². The fraction of sp³-hybridized carbons (Fsp3) is 0.364. The molecule has 0 saturated carbocycles. The molecule has 1 aliphatic heterocycles. The predicted octanol–water partition coefficient (Wildman–Crippen LogP) is 3.11. The average Bonchev–Trinajstić information content (AvgIpc) is 2.79. The van der Waals surface area contributed by atoms with Gasteiger partial charge in [0.2, 0.25) is 0 Å². The van der Waals surface area contributed by atoms with Crippen LogP contribution in [0.1, 0.15) is 5.56 Å². The summed E-state index contributed by atoms with van der Waals surface area (Å²) in [6, 6.07) is 8.60. The number of hydrogen-bond donors (Lipinski definition) is 0. The highest BCUT2D eigenvalue weighted by Gasteiger charge is 2.40. The first kappa shape index (κ1) is 12.3. The van der Waals surface area contributed by atoms with Crippen LogP contribution in [0.5, 0.6) is 0 Å². The van der Waals surface area contributed by atoms with Gasteiger partial charge in [0, 0.05) is 5.75 Å². The van der Waals surface area contributed by atoms with E-state index in [1.165, 1.54) is 0 Å². The summed E-state index contributed by atoms with van der Waals surface area (Å²) in [6.45, 7) is 0.275. The molecular weight excluding hydrogens is 249 g/mol. The quantitative estimate of drug-likeness (QED) is 0.759. The van der Waals surface area contributed by atoms with E-state index in [2.05, 4.69) is 4.99 Å². The molecule has 0 bridgehead atoms. The first-order valence-electron chi connectivity index (χ1n) is 5.13. The smallest absolute Gasteiger partial charge is 0.261 e. The maximum Gasteiger partial charge on any atom is 0.486 e. The molecule has 0 atom stereocenters. The van der Waals surface area contributed by atoms with Gasteiger partial charge in [0.05, 0.1) is 13.1 Å². The molecule has 0 fully saturated rings. The standard InChI is InChI=1S/C11H11F3N2S/c12-11(13,14)16(10-15-6-7-17-10)8-9-4-2-1-3-5-9/h1-5H,6-8H2. The third kappa shape index (κ3) is 3.15. The van der Waals surface area contributed by atoms with Gasteiger partial charge in [-0.2, -0.15) is 0 Å². The van der Waals surface area contributed by atoms with Crippen molar-refractivity contribution in [2.45, 2.75) is 12.8 Å². The summed E-state index contributed by atoms with van der Waals surface area (Å²) in [6.07, 6.45) is -4.38. The minimum atomic E-state index is -4.38. The first-order chi connectivity index (χ1) is 8.07. The molecule has 2 rings (SSSR count). The molecule has 0 radical (unpaired) electrons. The lowest BCUT2D eigenvalue weighted by atomic mass is 10.2. The highest BCUT2D eigenvalue weighted by Crippen LogP contribution is 2.29. The topological polar surface area (TPSA) is 15.6 Å². The summed E-state index contributed by atoms with van der Waals surface area (Å²) in [5.74, 6) is 0.622. The molecule has 6 heteroatoms. The highest BCUT2D eigenvalue weighted by atomic mass is 32.2. The summed E-state index contributed by atoms with van der Waals surface area (Å²) in [7, 11) is 0. The normalized spacial score (nSPS) is 15.8. The number of benzene rings is 1. The summed E-state index contributed by atoms with van der Waals surface area (Å²) >= 11 is 1.15. The summed E-state index contributed by atoms with van der Waals surface area (Å²) in [4.78, 5) is 4.29. The van der Waals surface area contributed by atoms with Crippen LogP contribution in [0.15, 0.2) is 35.3 Å². The summed E-state index contributed by atoms with van der Waals surface area (Å²) in [5, 5.41) is 0.0707. The summed E-state index contributed by atoms with van der Waals surface area (Å²) in [5.41, 5.74) is 0.625. The zero-order chi connectivity index (χ0) is 12.3. The van der Waals surface area contributed by atoms with Crippen LogP contribution in [0.2, 0.25) is 0 Å². The van der Waals surface area contributed by atoms with E-state index < -0.39 is 6.30 Å². The third-order valence-electron chi connectivity index (χ3n) is 2.29. The molecule has 0 amide bonds. The van der Waals surface area contributed by atoms with Crippen LogP contribution >= 0.6 is 11.8 Å². The maximum atomic E-state index is 12.9. The van der Waals surface area contributed by atoms with E-state index in [1.54, 1.807) is 30.3 Å². The van der Waals surface area contributed by atoms with E-state index in [9.17, 15) is 13.2 Å². The number of nitrogens with zero attached hydrogens (tertiary/aromatic N) is 2. The van der Waals surface area contributed by atoms with Crippen molar-refractivity contribution in [1.82, 2.24) is 4.90 Å². The second kappa shape index (κ2) is 5.00. The number of aliphatic imine (C=N–C) groups is 1. The molecule has 0 aromatic heterocycles. The van der Waals surface area contributed by atoms with Crippen molar-refractivity contribution >= 4 is 16.9 Å². The number of halogens is 3. The van der Waals surface area contributed by atoms with Gasteiger partial charge in [0.25, 0.3) is 0 Å². The van der Waals surface area contributed by atoms with Crippen molar-refractivity contribution < 1.29 is 13.2 Å². The Bertz CT molecular complexity index is 403. The predicted molar refractivity (Wildman–Crippen MR) is 62.8 cm³/mol. The fourth-order valence-electron chi connectivity index (χ4n) is 1.52. The molecule has 1 aromatic carbocycles. The van der Waals surface area contributed by atoms with Gasteiger partial charge in [0.15, 0.2) is 5.17 Å². The number of hydrogen-bond acceptors (Lipinski definition) is 3. The molecule has 2 nitrogen and oxygen atoms in total. The third-order valence-corrected chi connectivity index (χ3v) is 3.28. The van der Waals surface area contributed by atoms with Crippen LogP contribution in [0, 0.1) is 0 Å². The molecule has 1 heterocycles. The minimum absolute atomic E-state index is 0.0707. The van der Waals surface area contributed by atoms with E-state index in [1.807, 2.05) is 0 Å². The SMILES string of the molecule is FC(F)(F)N(Cc1ccccc1)C1=NCCS1. The highest BCUT2D eigenvalue weighted by molar-refractivity contribution is 8.14. The van der Waals surface area contributed by atoms with E-state index in [-0.39, 0.29) is 11.7 Å². The lowest BCUT2D eigenvalue weighted by Gasteiger charge is -2.26. The summed E-state index contributed by atoms with van der Waals surface area (Å²) < 4.78 is 38.7.